The van der Waals surface area contributed by atoms with Crippen LogP contribution in [-0.2, 0) is 21.4 Å². The minimum atomic E-state index is -3.94. The molecule has 2 aliphatic rings. The highest BCUT2D eigenvalue weighted by atomic mass is 32.2. The molecule has 154 valence electrons. The van der Waals surface area contributed by atoms with Gasteiger partial charge in [-0.25, -0.2) is 13.4 Å². The first kappa shape index (κ1) is 19.6. The molecule has 0 unspecified atom stereocenters. The Bertz CT molecular complexity index is 1070. The molecule has 2 heterocycles. The van der Waals surface area contributed by atoms with E-state index in [4.69, 9.17) is 0 Å². The average molecular weight is 417 g/mol. The number of fused-ring (bicyclic) bond motifs is 3. The number of likely N-dealkylation sites (N-methyl/N-ethyl adjacent to an activating group) is 1. The van der Waals surface area contributed by atoms with Crippen LogP contribution in [0.15, 0.2) is 35.5 Å². The van der Waals surface area contributed by atoms with Crippen molar-refractivity contribution in [2.45, 2.75) is 24.3 Å². The van der Waals surface area contributed by atoms with Crippen LogP contribution in [0.25, 0.3) is 5.69 Å². The van der Waals surface area contributed by atoms with Crippen LogP contribution < -0.4 is 5.32 Å². The third-order valence-electron chi connectivity index (χ3n) is 5.21. The summed E-state index contributed by atoms with van der Waals surface area (Å²) in [5.41, 5.74) is 1.04. The summed E-state index contributed by atoms with van der Waals surface area (Å²) in [4.78, 5) is 30.7. The van der Waals surface area contributed by atoms with Crippen LogP contribution in [0.3, 0.4) is 0 Å². The molecular weight excluding hydrogens is 394 g/mol. The number of rotatable bonds is 5. The number of para-hydroxylation sites is 1. The second-order valence-electron chi connectivity index (χ2n) is 7.59. The fourth-order valence-electron chi connectivity index (χ4n) is 3.26. The first-order chi connectivity index (χ1) is 13.8. The number of nitrogens with one attached hydrogen (secondary N) is 1. The van der Waals surface area contributed by atoms with Crippen molar-refractivity contribution in [1.82, 2.24) is 24.1 Å². The largest absolute Gasteiger partial charge is 0.350 e. The van der Waals surface area contributed by atoms with Crippen molar-refractivity contribution in [3.05, 3.63) is 42.0 Å². The van der Waals surface area contributed by atoms with Crippen molar-refractivity contribution in [2.75, 3.05) is 27.2 Å². The van der Waals surface area contributed by atoms with Crippen LogP contribution in [-0.4, -0.2) is 66.2 Å². The first-order valence-electron chi connectivity index (χ1n) is 9.43. The van der Waals surface area contributed by atoms with Crippen molar-refractivity contribution in [2.24, 2.45) is 5.92 Å². The van der Waals surface area contributed by atoms with Gasteiger partial charge in [-0.15, -0.1) is 0 Å². The van der Waals surface area contributed by atoms with Crippen LogP contribution in [0.4, 0.5) is 0 Å². The fourth-order valence-corrected chi connectivity index (χ4v) is 4.80. The minimum Gasteiger partial charge on any atom is -0.350 e. The Morgan fingerprint density at radius 1 is 1.24 bits per heavy atom. The molecule has 0 saturated heterocycles. The van der Waals surface area contributed by atoms with E-state index in [1.807, 2.05) is 0 Å². The summed E-state index contributed by atoms with van der Waals surface area (Å²) >= 11 is 0. The van der Waals surface area contributed by atoms with Gasteiger partial charge in [0, 0.05) is 20.6 Å². The molecule has 1 aliphatic heterocycles. The molecule has 0 spiro atoms. The van der Waals surface area contributed by atoms with Crippen LogP contribution in [0.1, 0.15) is 29.0 Å². The van der Waals surface area contributed by atoms with Gasteiger partial charge in [-0.2, -0.15) is 4.31 Å². The van der Waals surface area contributed by atoms with E-state index < -0.39 is 10.0 Å². The Morgan fingerprint density at radius 2 is 1.97 bits per heavy atom. The number of carbonyl (C=O) groups excluding carboxylic acids is 2. The van der Waals surface area contributed by atoms with Crippen LogP contribution in [0.5, 0.6) is 0 Å². The summed E-state index contributed by atoms with van der Waals surface area (Å²) in [6, 6.07) is 6.53. The van der Waals surface area contributed by atoms with Gasteiger partial charge in [0.2, 0.25) is 15.9 Å². The number of nitrogens with zero attached hydrogens (tertiary/aromatic N) is 4. The van der Waals surface area contributed by atoms with E-state index in [1.54, 1.807) is 36.9 Å². The lowest BCUT2D eigenvalue weighted by atomic mass is 10.2. The molecule has 2 amide bonds. The number of hydrogen-bond acceptors (Lipinski definition) is 5. The summed E-state index contributed by atoms with van der Waals surface area (Å²) in [7, 11) is -0.796. The van der Waals surface area contributed by atoms with Crippen molar-refractivity contribution < 1.29 is 18.0 Å². The van der Waals surface area contributed by atoms with Crippen molar-refractivity contribution in [3.63, 3.8) is 0 Å². The van der Waals surface area contributed by atoms with Gasteiger partial charge in [-0.05, 0) is 30.9 Å². The molecule has 1 fully saturated rings. The Kier molecular flexibility index (Phi) is 4.91. The lowest BCUT2D eigenvalue weighted by Gasteiger charge is -2.21. The summed E-state index contributed by atoms with van der Waals surface area (Å²) in [5.74, 6) is -0.171. The molecular formula is C19H23N5O4S. The molecule has 1 aliphatic carbocycles. The topological polar surface area (TPSA) is 105 Å². The van der Waals surface area contributed by atoms with Gasteiger partial charge in [-0.3, -0.25) is 14.2 Å². The SMILES string of the molecule is CN(C)C(=O)CN1Cc2c(C(=O)NCC3CC3)ncn2-c2ccccc2S1(=O)=O. The summed E-state index contributed by atoms with van der Waals surface area (Å²) < 4.78 is 29.3. The molecule has 4 rings (SSSR count). The summed E-state index contributed by atoms with van der Waals surface area (Å²) in [5, 5.41) is 2.88. The second kappa shape index (κ2) is 7.27. The van der Waals surface area contributed by atoms with Gasteiger partial charge in [0.25, 0.3) is 5.91 Å². The van der Waals surface area contributed by atoms with E-state index in [1.165, 1.54) is 17.3 Å². The van der Waals surface area contributed by atoms with E-state index in [0.29, 0.717) is 23.8 Å². The Morgan fingerprint density at radius 3 is 2.66 bits per heavy atom. The third kappa shape index (κ3) is 3.65. The Labute approximate surface area is 169 Å². The maximum Gasteiger partial charge on any atom is 0.271 e. The fraction of sp³-hybridized carbons (Fsp3) is 0.421. The second-order valence-corrected chi connectivity index (χ2v) is 9.50. The lowest BCUT2D eigenvalue weighted by molar-refractivity contribution is -0.128. The van der Waals surface area contributed by atoms with E-state index in [2.05, 4.69) is 10.3 Å². The van der Waals surface area contributed by atoms with Gasteiger partial charge >= 0.3 is 0 Å². The zero-order chi connectivity index (χ0) is 20.8. The summed E-state index contributed by atoms with van der Waals surface area (Å²) in [6.07, 6.45) is 3.67. The molecule has 1 N–H and O–H groups in total. The number of benzene rings is 1. The van der Waals surface area contributed by atoms with Gasteiger partial charge in [-0.1, -0.05) is 12.1 Å². The summed E-state index contributed by atoms with van der Waals surface area (Å²) in [6.45, 7) is 0.142. The molecule has 1 aromatic carbocycles. The van der Waals surface area contributed by atoms with Gasteiger partial charge in [0.05, 0.1) is 24.5 Å². The van der Waals surface area contributed by atoms with E-state index in [-0.39, 0.29) is 35.5 Å². The van der Waals surface area contributed by atoms with Gasteiger partial charge in [0.15, 0.2) is 5.69 Å². The number of aromatic nitrogens is 2. The van der Waals surface area contributed by atoms with E-state index >= 15 is 0 Å². The quantitative estimate of drug-likeness (QED) is 0.767. The van der Waals surface area contributed by atoms with Crippen LogP contribution in [0, 0.1) is 5.92 Å². The number of sulfonamides is 1. The number of amides is 2. The zero-order valence-electron chi connectivity index (χ0n) is 16.3. The molecule has 1 aromatic heterocycles. The first-order valence-corrected chi connectivity index (χ1v) is 10.9. The number of hydrogen-bond donors (Lipinski definition) is 1. The Hall–Kier alpha value is -2.72. The smallest absolute Gasteiger partial charge is 0.271 e. The third-order valence-corrected chi connectivity index (χ3v) is 7.05. The van der Waals surface area contributed by atoms with Crippen molar-refractivity contribution in [3.8, 4) is 5.69 Å². The van der Waals surface area contributed by atoms with Crippen molar-refractivity contribution >= 4 is 21.8 Å². The van der Waals surface area contributed by atoms with E-state index in [9.17, 15) is 18.0 Å². The lowest BCUT2D eigenvalue weighted by Crippen LogP contribution is -2.39. The number of imidazole rings is 1. The molecule has 10 heteroatoms. The highest BCUT2D eigenvalue weighted by molar-refractivity contribution is 7.89. The Balaban J connectivity index is 1.78. The maximum absolute atomic E-state index is 13.3. The zero-order valence-corrected chi connectivity index (χ0v) is 17.1. The maximum atomic E-state index is 13.3. The van der Waals surface area contributed by atoms with Crippen LogP contribution in [0.2, 0.25) is 0 Å². The molecule has 9 nitrogen and oxygen atoms in total. The van der Waals surface area contributed by atoms with Crippen LogP contribution >= 0.6 is 0 Å². The predicted molar refractivity (Wildman–Crippen MR) is 105 cm³/mol. The molecule has 0 radical (unpaired) electrons. The predicted octanol–water partition coefficient (Wildman–Crippen LogP) is 0.605. The van der Waals surface area contributed by atoms with Gasteiger partial charge < -0.3 is 10.2 Å². The van der Waals surface area contributed by atoms with Crippen molar-refractivity contribution in [1.29, 1.82) is 0 Å². The average Bonchev–Trinajstić information content (AvgIpc) is 3.44. The monoisotopic (exact) mass is 417 g/mol. The molecule has 29 heavy (non-hydrogen) atoms. The standard InChI is InChI=1S/C19H23N5O4S/c1-22(2)17(25)11-23-10-15-18(19(26)20-9-13-7-8-13)21-12-24(15)14-5-3-4-6-16(14)29(23,27)28/h3-6,12-13H,7-11H2,1-2H3,(H,20,26). The molecule has 2 aromatic rings. The highest BCUT2D eigenvalue weighted by Gasteiger charge is 2.36. The van der Waals surface area contributed by atoms with E-state index in [0.717, 1.165) is 17.1 Å². The molecule has 0 bridgehead atoms. The normalized spacial score (nSPS) is 17.7. The number of carbonyl (C=O) groups is 2. The molecule has 1 saturated carbocycles. The minimum absolute atomic E-state index is 0.0765. The molecule has 0 atom stereocenters. The van der Waals surface area contributed by atoms with Gasteiger partial charge in [0.1, 0.15) is 11.2 Å². The highest BCUT2D eigenvalue weighted by Crippen LogP contribution is 2.31.